The second kappa shape index (κ2) is 6.13. The smallest absolute Gasteiger partial charge is 0.159 e. The Morgan fingerprint density at radius 1 is 1.21 bits per heavy atom. The summed E-state index contributed by atoms with van der Waals surface area (Å²) in [6.07, 6.45) is 1.86. The van der Waals surface area contributed by atoms with Crippen molar-refractivity contribution in [2.24, 2.45) is 4.99 Å². The molecule has 0 saturated carbocycles. The van der Waals surface area contributed by atoms with Crippen LogP contribution in [0.1, 0.15) is 0 Å². The Hall–Kier alpha value is -0.750. The predicted molar refractivity (Wildman–Crippen MR) is 85.5 cm³/mol. The highest BCUT2D eigenvalue weighted by molar-refractivity contribution is 9.09. The molecule has 0 aromatic carbocycles. The largest absolute Gasteiger partial charge is 0.353 e. The van der Waals surface area contributed by atoms with E-state index < -0.39 is 0 Å². The van der Waals surface area contributed by atoms with E-state index in [2.05, 4.69) is 41.8 Å². The molecule has 6 heteroatoms. The number of thioether (sulfide) groups is 1. The van der Waals surface area contributed by atoms with Crippen molar-refractivity contribution in [1.29, 1.82) is 0 Å². The molecule has 2 aliphatic heterocycles. The van der Waals surface area contributed by atoms with Crippen LogP contribution in [-0.4, -0.2) is 58.4 Å². The van der Waals surface area contributed by atoms with Crippen molar-refractivity contribution < 1.29 is 0 Å². The third kappa shape index (κ3) is 3.05. The van der Waals surface area contributed by atoms with Crippen LogP contribution in [0.25, 0.3) is 0 Å². The number of hydrogen-bond acceptors (Lipinski definition) is 5. The number of nitrogens with zero attached hydrogens (tertiary/aromatic N) is 4. The zero-order chi connectivity index (χ0) is 13.1. The Labute approximate surface area is 126 Å². The van der Waals surface area contributed by atoms with Crippen molar-refractivity contribution in [2.45, 2.75) is 5.25 Å². The molecule has 1 atom stereocenters. The summed E-state index contributed by atoms with van der Waals surface area (Å²) >= 11 is 5.45. The van der Waals surface area contributed by atoms with E-state index in [1.54, 1.807) is 0 Å². The lowest BCUT2D eigenvalue weighted by Gasteiger charge is -2.36. The summed E-state index contributed by atoms with van der Waals surface area (Å²) in [5.74, 6) is 1.08. The maximum atomic E-state index is 4.65. The maximum Gasteiger partial charge on any atom is 0.159 e. The second-order valence-electron chi connectivity index (χ2n) is 4.68. The van der Waals surface area contributed by atoms with Gasteiger partial charge in [-0.05, 0) is 12.1 Å². The number of hydrogen-bond donors (Lipinski definition) is 0. The molecule has 3 rings (SSSR count). The molecule has 3 heterocycles. The third-order valence-corrected chi connectivity index (χ3v) is 5.86. The lowest BCUT2D eigenvalue weighted by atomic mass is 10.3. The molecule has 0 amide bonds. The summed E-state index contributed by atoms with van der Waals surface area (Å²) in [6, 6.07) is 6.09. The van der Waals surface area contributed by atoms with Crippen LogP contribution in [0.2, 0.25) is 0 Å². The summed E-state index contributed by atoms with van der Waals surface area (Å²) < 4.78 is 0. The van der Waals surface area contributed by atoms with Crippen LogP contribution in [0.15, 0.2) is 29.4 Å². The summed E-state index contributed by atoms with van der Waals surface area (Å²) in [5.41, 5.74) is 0. The quantitative estimate of drug-likeness (QED) is 0.771. The Kier molecular flexibility index (Phi) is 4.28. The van der Waals surface area contributed by atoms with Crippen LogP contribution in [0.4, 0.5) is 5.82 Å². The van der Waals surface area contributed by atoms with Crippen LogP contribution >= 0.6 is 27.7 Å². The van der Waals surface area contributed by atoms with Crippen molar-refractivity contribution in [3.8, 4) is 0 Å². The van der Waals surface area contributed by atoms with Crippen molar-refractivity contribution in [3.63, 3.8) is 0 Å². The molecule has 1 aromatic heterocycles. The Bertz CT molecular complexity index is 445. The van der Waals surface area contributed by atoms with Crippen molar-refractivity contribution >= 4 is 38.7 Å². The zero-order valence-corrected chi connectivity index (χ0v) is 13.1. The van der Waals surface area contributed by atoms with Gasteiger partial charge in [-0.15, -0.1) is 0 Å². The molecular weight excluding hydrogens is 324 g/mol. The highest BCUT2D eigenvalue weighted by Crippen LogP contribution is 2.26. The number of aromatic nitrogens is 1. The normalized spacial score (nSPS) is 23.6. The molecule has 0 aliphatic carbocycles. The minimum absolute atomic E-state index is 0.615. The molecule has 19 heavy (non-hydrogen) atoms. The van der Waals surface area contributed by atoms with Gasteiger partial charge >= 0.3 is 0 Å². The first kappa shape index (κ1) is 13.2. The molecule has 1 saturated heterocycles. The van der Waals surface area contributed by atoms with Gasteiger partial charge in [-0.25, -0.2) is 4.98 Å². The lowest BCUT2D eigenvalue weighted by Crippen LogP contribution is -2.48. The average molecular weight is 341 g/mol. The Balaban J connectivity index is 1.56. The highest BCUT2D eigenvalue weighted by atomic mass is 79.9. The van der Waals surface area contributed by atoms with Gasteiger partial charge in [0.2, 0.25) is 0 Å². The van der Waals surface area contributed by atoms with E-state index in [-0.39, 0.29) is 0 Å². The number of amidine groups is 1. The molecule has 0 radical (unpaired) electrons. The number of rotatable bonds is 2. The van der Waals surface area contributed by atoms with Crippen LogP contribution in [-0.2, 0) is 0 Å². The number of anilines is 1. The van der Waals surface area contributed by atoms with Gasteiger partial charge < -0.3 is 9.80 Å². The standard InChI is InChI=1S/C13H17BrN4S/c14-9-11-10-16-13(19-11)18-7-5-17(6-8-18)12-3-1-2-4-15-12/h1-4,11H,5-10H2. The summed E-state index contributed by atoms with van der Waals surface area (Å²) in [6.45, 7) is 5.08. The van der Waals surface area contributed by atoms with E-state index in [4.69, 9.17) is 0 Å². The Morgan fingerprint density at radius 3 is 2.63 bits per heavy atom. The highest BCUT2D eigenvalue weighted by Gasteiger charge is 2.26. The van der Waals surface area contributed by atoms with E-state index in [1.807, 2.05) is 30.1 Å². The van der Waals surface area contributed by atoms with Crippen LogP contribution in [0.3, 0.4) is 0 Å². The minimum atomic E-state index is 0.615. The van der Waals surface area contributed by atoms with E-state index in [9.17, 15) is 0 Å². The molecule has 4 nitrogen and oxygen atoms in total. The van der Waals surface area contributed by atoms with E-state index in [0.717, 1.165) is 43.9 Å². The number of halogens is 1. The van der Waals surface area contributed by atoms with E-state index in [0.29, 0.717) is 5.25 Å². The first-order valence-electron chi connectivity index (χ1n) is 6.55. The number of aliphatic imine (C=N–C) groups is 1. The van der Waals surface area contributed by atoms with Crippen molar-refractivity contribution in [2.75, 3.05) is 43.0 Å². The van der Waals surface area contributed by atoms with Gasteiger partial charge in [-0.2, -0.15) is 0 Å². The van der Waals surface area contributed by atoms with Gasteiger partial charge in [0.15, 0.2) is 5.17 Å². The summed E-state index contributed by atoms with van der Waals surface area (Å²) in [5, 5.41) is 2.87. The molecule has 0 spiro atoms. The van der Waals surface area contributed by atoms with Gasteiger partial charge in [0, 0.05) is 43.0 Å². The van der Waals surface area contributed by atoms with E-state index >= 15 is 0 Å². The van der Waals surface area contributed by atoms with Gasteiger partial charge in [0.05, 0.1) is 6.54 Å². The number of pyridine rings is 1. The predicted octanol–water partition coefficient (Wildman–Crippen LogP) is 2.07. The fraction of sp³-hybridized carbons (Fsp3) is 0.538. The van der Waals surface area contributed by atoms with Gasteiger partial charge in [-0.1, -0.05) is 33.8 Å². The van der Waals surface area contributed by atoms with E-state index in [1.165, 1.54) is 5.17 Å². The second-order valence-corrected chi connectivity index (χ2v) is 6.59. The zero-order valence-electron chi connectivity index (χ0n) is 10.7. The molecule has 102 valence electrons. The fourth-order valence-electron chi connectivity index (χ4n) is 2.33. The monoisotopic (exact) mass is 340 g/mol. The maximum absolute atomic E-state index is 4.65. The molecule has 0 N–H and O–H groups in total. The van der Waals surface area contributed by atoms with Crippen molar-refractivity contribution in [1.82, 2.24) is 9.88 Å². The molecule has 1 fully saturated rings. The SMILES string of the molecule is BrCC1CN=C(N2CCN(c3ccccn3)CC2)S1. The third-order valence-electron chi connectivity index (χ3n) is 3.40. The molecule has 2 aliphatic rings. The molecular formula is C13H17BrN4S. The molecule has 1 unspecified atom stereocenters. The minimum Gasteiger partial charge on any atom is -0.353 e. The number of alkyl halides is 1. The summed E-state index contributed by atoms with van der Waals surface area (Å²) in [7, 11) is 0. The molecule has 0 bridgehead atoms. The van der Waals surface area contributed by atoms with Gasteiger partial charge in [-0.3, -0.25) is 4.99 Å². The lowest BCUT2D eigenvalue weighted by molar-refractivity contribution is 0.391. The first-order valence-corrected chi connectivity index (χ1v) is 8.55. The first-order chi connectivity index (χ1) is 9.36. The molecule has 1 aromatic rings. The Morgan fingerprint density at radius 2 is 2.00 bits per heavy atom. The average Bonchev–Trinajstić information content (AvgIpc) is 2.97. The van der Waals surface area contributed by atoms with Gasteiger partial charge in [0.25, 0.3) is 0 Å². The fourth-order valence-corrected chi connectivity index (χ4v) is 3.92. The van der Waals surface area contributed by atoms with Crippen LogP contribution in [0.5, 0.6) is 0 Å². The summed E-state index contributed by atoms with van der Waals surface area (Å²) in [4.78, 5) is 13.8. The number of piperazine rings is 1. The van der Waals surface area contributed by atoms with Crippen LogP contribution < -0.4 is 4.90 Å². The topological polar surface area (TPSA) is 31.7 Å². The van der Waals surface area contributed by atoms with Gasteiger partial charge in [0.1, 0.15) is 5.82 Å². The van der Waals surface area contributed by atoms with Crippen molar-refractivity contribution in [3.05, 3.63) is 24.4 Å². The van der Waals surface area contributed by atoms with Crippen LogP contribution in [0, 0.1) is 0 Å².